The van der Waals surface area contributed by atoms with Crippen molar-refractivity contribution in [3.05, 3.63) is 0 Å². The van der Waals surface area contributed by atoms with Crippen LogP contribution in [0.1, 0.15) is 59.3 Å². The van der Waals surface area contributed by atoms with Gasteiger partial charge in [0.25, 0.3) is 0 Å². The second kappa shape index (κ2) is 58.6. The predicted octanol–water partition coefficient (Wildman–Crippen LogP) is 3.50. The van der Waals surface area contributed by atoms with Crippen molar-refractivity contribution in [2.75, 3.05) is 18.5 Å². The average molecular weight is 420 g/mol. The van der Waals surface area contributed by atoms with E-state index in [-0.39, 0.29) is 27.4 Å². The Balaban J connectivity index is -0.0000000613. The van der Waals surface area contributed by atoms with Gasteiger partial charge in [0, 0.05) is 7.92 Å². The van der Waals surface area contributed by atoms with Crippen LogP contribution in [-0.2, 0) is 38.7 Å². The molecule has 0 aromatic carbocycles. The Kier molecular flexibility index (Phi) is 101. The zero-order valence-corrected chi connectivity index (χ0v) is 16.9. The molecule has 22 heavy (non-hydrogen) atoms. The van der Waals surface area contributed by atoms with Crippen LogP contribution < -0.4 is 0 Å². The molecule has 132 valence electrons. The molecule has 0 aromatic rings. The van der Waals surface area contributed by atoms with E-state index in [9.17, 15) is 0 Å². The van der Waals surface area contributed by atoms with Crippen molar-refractivity contribution in [3.63, 3.8) is 0 Å². The van der Waals surface area contributed by atoms with Gasteiger partial charge in [-0.15, -0.1) is 0 Å². The summed E-state index contributed by atoms with van der Waals surface area (Å²) in [5.74, 6) is 0. The van der Waals surface area contributed by atoms with Crippen molar-refractivity contribution in [3.8, 4) is 0 Å². The summed E-state index contributed by atoms with van der Waals surface area (Å²) in [4.78, 5) is 31.0. The fraction of sp³-hybridized carbons (Fsp3) is 0.750. The fourth-order valence-corrected chi connectivity index (χ4v) is 4.97. The molecule has 0 rings (SSSR count). The van der Waals surface area contributed by atoms with Gasteiger partial charge < -0.3 is 19.2 Å². The molecule has 4 nitrogen and oxygen atoms in total. The zero-order chi connectivity index (χ0) is 17.9. The van der Waals surface area contributed by atoms with Crippen LogP contribution in [0.25, 0.3) is 0 Å². The van der Waals surface area contributed by atoms with Gasteiger partial charge >= 0.3 is 19.5 Å². The Hall–Kier alpha value is -0.267. The normalized spacial score (nSPS) is 7.27. The maximum Gasteiger partial charge on any atom is 4.00 e. The monoisotopic (exact) mass is 421 g/mol. The molecule has 0 N–H and O–H groups in total. The summed E-state index contributed by atoms with van der Waals surface area (Å²) in [6, 6.07) is 0. The van der Waals surface area contributed by atoms with Crippen molar-refractivity contribution in [1.82, 2.24) is 0 Å². The van der Waals surface area contributed by atoms with Crippen LogP contribution in [0.3, 0.4) is 0 Å². The molecule has 0 atom stereocenters. The molecule has 0 aliphatic heterocycles. The van der Waals surface area contributed by atoms with Gasteiger partial charge in [-0.1, -0.05) is 40.0 Å². The summed E-state index contributed by atoms with van der Waals surface area (Å²) >= 11 is 0. The van der Waals surface area contributed by atoms with E-state index in [1.807, 2.05) is 0 Å². The Morgan fingerprint density at radius 1 is 0.545 bits per heavy atom. The summed E-state index contributed by atoms with van der Waals surface area (Å²) in [6.07, 6.45) is 13.4. The molecule has 0 amide bonds. The molecule has 0 radical (unpaired) electrons. The van der Waals surface area contributed by atoms with Crippen LogP contribution in [0.2, 0.25) is 0 Å². The third-order valence-electron chi connectivity index (χ3n) is 2.65. The van der Waals surface area contributed by atoms with Gasteiger partial charge in [-0.25, -0.2) is 0 Å². The second-order valence-electron chi connectivity index (χ2n) is 4.06. The van der Waals surface area contributed by atoms with E-state index >= 15 is 0 Å². The van der Waals surface area contributed by atoms with Gasteiger partial charge in [-0.2, -0.15) is 0 Å². The summed E-state index contributed by atoms with van der Waals surface area (Å²) in [5, 5.41) is 0. The fourth-order valence-electron chi connectivity index (χ4n) is 1.66. The van der Waals surface area contributed by atoms with Gasteiger partial charge in [0.2, 0.25) is 0 Å². The summed E-state index contributed by atoms with van der Waals surface area (Å²) in [5.41, 5.74) is 0. The number of rotatable bonds is 9. The minimum atomic E-state index is 0. The number of hydrogen-bond acceptors (Lipinski definition) is 4. The van der Waals surface area contributed by atoms with Gasteiger partial charge in [-0.3, -0.25) is 27.2 Å². The zero-order valence-electron chi connectivity index (χ0n) is 14.2. The van der Waals surface area contributed by atoms with Gasteiger partial charge in [-0.05, 0) is 19.3 Å². The van der Waals surface area contributed by atoms with Crippen LogP contribution in [0.4, 0.5) is 0 Å². The maximum atomic E-state index is 7.75. The van der Waals surface area contributed by atoms with Crippen molar-refractivity contribution >= 4 is 35.1 Å². The van der Waals surface area contributed by atoms with Crippen LogP contribution in [0.15, 0.2) is 0 Å². The van der Waals surface area contributed by atoms with Crippen LogP contribution in [-0.4, -0.2) is 45.6 Å². The molecule has 0 saturated heterocycles. The van der Waals surface area contributed by atoms with E-state index in [0.29, 0.717) is 0 Å². The first kappa shape index (κ1) is 37.7. The van der Waals surface area contributed by atoms with E-state index < -0.39 is 0 Å². The second-order valence-corrected chi connectivity index (χ2v) is 7.06. The molecule has 0 aromatic heterocycles. The minimum absolute atomic E-state index is 0. The first-order chi connectivity index (χ1) is 10.3. The molecular weight excluding hydrogens is 388 g/mol. The summed E-state index contributed by atoms with van der Waals surface area (Å²) in [6.45, 7) is 20.0. The van der Waals surface area contributed by atoms with E-state index in [1.165, 1.54) is 38.5 Å². The average Bonchev–Trinajstić information content (AvgIpc) is 2.61. The topological polar surface area (TPSA) is 68.3 Å². The molecular formula is C16H32O4PRu+. The van der Waals surface area contributed by atoms with E-state index in [0.717, 1.165) is 0 Å². The SMILES string of the molecule is CCCC[PH+](CCCC)CCCC.[CH-]=O.[CH-]=O.[CH-]=O.[CH-]=O.[Ru+4]. The molecule has 0 unspecified atom stereocenters. The Morgan fingerprint density at radius 2 is 0.727 bits per heavy atom. The largest absolute Gasteiger partial charge is 4.00 e. The van der Waals surface area contributed by atoms with Crippen molar-refractivity contribution in [1.29, 1.82) is 0 Å². The van der Waals surface area contributed by atoms with Crippen LogP contribution in [0, 0.1) is 0 Å². The van der Waals surface area contributed by atoms with E-state index in [2.05, 4.69) is 47.9 Å². The number of carbonyl (C=O) groups excluding carboxylic acids is 4. The molecule has 0 spiro atoms. The van der Waals surface area contributed by atoms with Crippen LogP contribution >= 0.6 is 7.92 Å². The molecule has 0 fully saturated rings. The smallest absolute Gasteiger partial charge is 0.545 e. The molecule has 0 saturated carbocycles. The van der Waals surface area contributed by atoms with Crippen molar-refractivity contribution < 1.29 is 38.7 Å². The van der Waals surface area contributed by atoms with Crippen molar-refractivity contribution in [2.45, 2.75) is 59.3 Å². The van der Waals surface area contributed by atoms with Gasteiger partial charge in [0.1, 0.15) is 0 Å². The summed E-state index contributed by atoms with van der Waals surface area (Å²) < 4.78 is 0. The Labute approximate surface area is 151 Å². The summed E-state index contributed by atoms with van der Waals surface area (Å²) in [7, 11) is 0.0675. The minimum Gasteiger partial charge on any atom is -0.545 e. The van der Waals surface area contributed by atoms with Crippen molar-refractivity contribution in [2.24, 2.45) is 0 Å². The first-order valence-electron chi connectivity index (χ1n) is 7.12. The predicted molar refractivity (Wildman–Crippen MR) is 94.6 cm³/mol. The number of unbranched alkanes of at least 4 members (excludes halogenated alkanes) is 3. The molecule has 0 bridgehead atoms. The van der Waals surface area contributed by atoms with Gasteiger partial charge in [0.15, 0.2) is 0 Å². The van der Waals surface area contributed by atoms with Gasteiger partial charge in [0.05, 0.1) is 18.5 Å². The standard InChI is InChI=1S/C12H27P.4CHO.Ru/c1-4-7-10-13(11-8-5-2)12-9-6-3;4*1-2;/h4-12H2,1-3H3;4*1H;/q;4*-1;+4/p+1. The third kappa shape index (κ3) is 50.3. The maximum absolute atomic E-state index is 7.75. The van der Waals surface area contributed by atoms with Crippen LogP contribution in [0.5, 0.6) is 0 Å². The van der Waals surface area contributed by atoms with E-state index in [4.69, 9.17) is 19.2 Å². The quantitative estimate of drug-likeness (QED) is 0.248. The molecule has 0 heterocycles. The van der Waals surface area contributed by atoms with E-state index in [1.54, 1.807) is 18.5 Å². The number of hydrogen-bond donors (Lipinski definition) is 0. The molecule has 0 aliphatic carbocycles. The third-order valence-corrected chi connectivity index (χ3v) is 5.83. The Morgan fingerprint density at radius 3 is 0.864 bits per heavy atom. The first-order valence-corrected chi connectivity index (χ1v) is 9.25. The molecule has 0 aliphatic rings. The molecule has 6 heteroatoms. The Bertz CT molecular complexity index is 127.